The summed E-state index contributed by atoms with van der Waals surface area (Å²) in [6, 6.07) is 10.5. The van der Waals surface area contributed by atoms with Crippen LogP contribution in [0.4, 0.5) is 4.39 Å². The second-order valence-corrected chi connectivity index (χ2v) is 4.36. The zero-order chi connectivity index (χ0) is 14.5. The van der Waals surface area contributed by atoms with Crippen molar-refractivity contribution in [3.8, 4) is 5.75 Å². The maximum absolute atomic E-state index is 13.7. The standard InChI is InChI=1S/C15H15FN2O2/c16-14-7-10(8-17)1-2-12(14)9-18-15(20)11-3-5-13(19)6-4-11/h1-7,19H,8-9,17H2,(H,18,20). The summed E-state index contributed by atoms with van der Waals surface area (Å²) in [5.41, 5.74) is 6.93. The van der Waals surface area contributed by atoms with Gasteiger partial charge >= 0.3 is 0 Å². The highest BCUT2D eigenvalue weighted by Crippen LogP contribution is 2.12. The third kappa shape index (κ3) is 3.33. The molecule has 5 heteroatoms. The lowest BCUT2D eigenvalue weighted by atomic mass is 10.1. The third-order valence-corrected chi connectivity index (χ3v) is 2.92. The van der Waals surface area contributed by atoms with Crippen molar-refractivity contribution in [2.75, 3.05) is 0 Å². The Balaban J connectivity index is 2.01. The predicted octanol–water partition coefficient (Wildman–Crippen LogP) is 1.92. The van der Waals surface area contributed by atoms with E-state index in [1.807, 2.05) is 0 Å². The van der Waals surface area contributed by atoms with E-state index < -0.39 is 0 Å². The average molecular weight is 274 g/mol. The maximum Gasteiger partial charge on any atom is 0.251 e. The van der Waals surface area contributed by atoms with Crippen LogP contribution in [0.25, 0.3) is 0 Å². The molecule has 0 aliphatic rings. The second-order valence-electron chi connectivity index (χ2n) is 4.36. The van der Waals surface area contributed by atoms with Crippen LogP contribution in [0.2, 0.25) is 0 Å². The number of rotatable bonds is 4. The van der Waals surface area contributed by atoms with E-state index >= 15 is 0 Å². The fraction of sp³-hybridized carbons (Fsp3) is 0.133. The molecule has 0 saturated heterocycles. The van der Waals surface area contributed by atoms with Crippen LogP contribution < -0.4 is 11.1 Å². The summed E-state index contributed by atoms with van der Waals surface area (Å²) in [5.74, 6) is -0.628. The van der Waals surface area contributed by atoms with Crippen molar-refractivity contribution in [3.05, 3.63) is 65.0 Å². The molecule has 0 aliphatic carbocycles. The Hall–Kier alpha value is -2.40. The van der Waals surface area contributed by atoms with E-state index in [1.54, 1.807) is 12.1 Å². The molecule has 104 valence electrons. The van der Waals surface area contributed by atoms with Gasteiger partial charge in [-0.25, -0.2) is 4.39 Å². The molecule has 0 aliphatic heterocycles. The topological polar surface area (TPSA) is 75.3 Å². The minimum Gasteiger partial charge on any atom is -0.508 e. The van der Waals surface area contributed by atoms with Crippen LogP contribution >= 0.6 is 0 Å². The highest BCUT2D eigenvalue weighted by atomic mass is 19.1. The highest BCUT2D eigenvalue weighted by molar-refractivity contribution is 5.94. The van der Waals surface area contributed by atoms with E-state index in [-0.39, 0.29) is 30.6 Å². The summed E-state index contributed by atoms with van der Waals surface area (Å²) in [4.78, 5) is 11.8. The number of phenolic OH excluding ortho intramolecular Hbond substituents is 1. The van der Waals surface area contributed by atoms with Gasteiger partial charge in [0, 0.05) is 24.2 Å². The predicted molar refractivity (Wildman–Crippen MR) is 73.6 cm³/mol. The van der Waals surface area contributed by atoms with Gasteiger partial charge in [0.25, 0.3) is 5.91 Å². The van der Waals surface area contributed by atoms with E-state index in [0.717, 1.165) is 0 Å². The number of phenols is 1. The molecule has 1 amide bonds. The average Bonchev–Trinajstić information content (AvgIpc) is 2.46. The smallest absolute Gasteiger partial charge is 0.251 e. The van der Waals surface area contributed by atoms with Crippen LogP contribution in [0.1, 0.15) is 21.5 Å². The number of nitrogens with one attached hydrogen (secondary N) is 1. The van der Waals surface area contributed by atoms with Crippen LogP contribution in [-0.4, -0.2) is 11.0 Å². The number of aromatic hydroxyl groups is 1. The Bertz CT molecular complexity index is 612. The van der Waals surface area contributed by atoms with E-state index in [0.29, 0.717) is 16.7 Å². The molecule has 0 fully saturated rings. The molecule has 0 atom stereocenters. The summed E-state index contributed by atoms with van der Waals surface area (Å²) >= 11 is 0. The molecule has 4 nitrogen and oxygen atoms in total. The molecule has 2 aromatic rings. The maximum atomic E-state index is 13.7. The summed E-state index contributed by atoms with van der Waals surface area (Å²) in [6.45, 7) is 0.369. The number of hydrogen-bond acceptors (Lipinski definition) is 3. The number of hydrogen-bond donors (Lipinski definition) is 3. The molecule has 4 N–H and O–H groups in total. The lowest BCUT2D eigenvalue weighted by Gasteiger charge is -2.07. The van der Waals surface area contributed by atoms with Crippen LogP contribution in [0, 0.1) is 5.82 Å². The number of carbonyl (C=O) groups is 1. The van der Waals surface area contributed by atoms with Gasteiger partial charge in [0.15, 0.2) is 0 Å². The van der Waals surface area contributed by atoms with Crippen LogP contribution in [-0.2, 0) is 13.1 Å². The first kappa shape index (κ1) is 14.0. The van der Waals surface area contributed by atoms with E-state index in [1.165, 1.54) is 30.3 Å². The molecule has 0 aromatic heterocycles. The largest absolute Gasteiger partial charge is 0.508 e. The lowest BCUT2D eigenvalue weighted by molar-refractivity contribution is 0.0950. The van der Waals surface area contributed by atoms with Crippen LogP contribution in [0.3, 0.4) is 0 Å². The van der Waals surface area contributed by atoms with Gasteiger partial charge in [0.05, 0.1) is 0 Å². The number of nitrogens with two attached hydrogens (primary N) is 1. The first-order valence-electron chi connectivity index (χ1n) is 6.15. The Morgan fingerprint density at radius 3 is 2.50 bits per heavy atom. The van der Waals surface area contributed by atoms with Crippen molar-refractivity contribution in [3.63, 3.8) is 0 Å². The Morgan fingerprint density at radius 2 is 1.90 bits per heavy atom. The third-order valence-electron chi connectivity index (χ3n) is 2.92. The molecular weight excluding hydrogens is 259 g/mol. The van der Waals surface area contributed by atoms with Crippen molar-refractivity contribution in [2.24, 2.45) is 5.73 Å². The minimum atomic E-state index is -0.390. The zero-order valence-corrected chi connectivity index (χ0v) is 10.8. The van der Waals surface area contributed by atoms with Gasteiger partial charge in [-0.1, -0.05) is 12.1 Å². The molecule has 2 rings (SSSR count). The van der Waals surface area contributed by atoms with E-state index in [4.69, 9.17) is 10.8 Å². The van der Waals surface area contributed by atoms with Gasteiger partial charge < -0.3 is 16.2 Å². The summed E-state index contributed by atoms with van der Waals surface area (Å²) in [5, 5.41) is 11.8. The van der Waals surface area contributed by atoms with Crippen molar-refractivity contribution in [1.82, 2.24) is 5.32 Å². The number of halogens is 1. The zero-order valence-electron chi connectivity index (χ0n) is 10.8. The Morgan fingerprint density at radius 1 is 1.20 bits per heavy atom. The fourth-order valence-electron chi connectivity index (χ4n) is 1.75. The summed E-state index contributed by atoms with van der Waals surface area (Å²) in [7, 11) is 0. The van der Waals surface area contributed by atoms with Crippen LogP contribution in [0.5, 0.6) is 5.75 Å². The van der Waals surface area contributed by atoms with E-state index in [2.05, 4.69) is 5.32 Å². The molecule has 0 unspecified atom stereocenters. The van der Waals surface area contributed by atoms with Gasteiger partial charge in [-0.3, -0.25) is 4.79 Å². The first-order valence-corrected chi connectivity index (χ1v) is 6.15. The van der Waals surface area contributed by atoms with Crippen molar-refractivity contribution >= 4 is 5.91 Å². The van der Waals surface area contributed by atoms with Gasteiger partial charge in [0.2, 0.25) is 0 Å². The number of benzene rings is 2. The fourth-order valence-corrected chi connectivity index (χ4v) is 1.75. The second kappa shape index (κ2) is 6.16. The number of carbonyl (C=O) groups excluding carboxylic acids is 1. The molecule has 20 heavy (non-hydrogen) atoms. The number of amides is 1. The van der Waals surface area contributed by atoms with Crippen molar-refractivity contribution < 1.29 is 14.3 Å². The molecule has 2 aromatic carbocycles. The minimum absolute atomic E-state index is 0.0879. The quantitative estimate of drug-likeness (QED) is 0.797. The molecule has 0 spiro atoms. The van der Waals surface area contributed by atoms with Crippen LogP contribution in [0.15, 0.2) is 42.5 Å². The summed E-state index contributed by atoms with van der Waals surface area (Å²) < 4.78 is 13.7. The lowest BCUT2D eigenvalue weighted by Crippen LogP contribution is -2.23. The molecule has 0 saturated carbocycles. The molecule has 0 heterocycles. The van der Waals surface area contributed by atoms with Gasteiger partial charge in [-0.15, -0.1) is 0 Å². The Kier molecular flexibility index (Phi) is 4.32. The van der Waals surface area contributed by atoms with Crippen molar-refractivity contribution in [1.29, 1.82) is 0 Å². The molecular formula is C15H15FN2O2. The first-order chi connectivity index (χ1) is 9.60. The SMILES string of the molecule is NCc1ccc(CNC(=O)c2ccc(O)cc2)c(F)c1. The van der Waals surface area contributed by atoms with Gasteiger partial charge in [0.1, 0.15) is 11.6 Å². The highest BCUT2D eigenvalue weighted by Gasteiger charge is 2.08. The normalized spacial score (nSPS) is 10.3. The van der Waals surface area contributed by atoms with E-state index in [9.17, 15) is 9.18 Å². The van der Waals surface area contributed by atoms with Gasteiger partial charge in [-0.05, 0) is 35.9 Å². The molecule has 0 radical (unpaired) electrons. The molecule has 0 bridgehead atoms. The van der Waals surface area contributed by atoms with Crippen molar-refractivity contribution in [2.45, 2.75) is 13.1 Å². The Labute approximate surface area is 116 Å². The monoisotopic (exact) mass is 274 g/mol. The summed E-state index contributed by atoms with van der Waals surface area (Å²) in [6.07, 6.45) is 0. The van der Waals surface area contributed by atoms with Gasteiger partial charge in [-0.2, -0.15) is 0 Å².